The zero-order valence-electron chi connectivity index (χ0n) is 28.3. The van der Waals surface area contributed by atoms with E-state index < -0.39 is 15.6 Å². The number of Topliss-reactive ketones (excluding diaryl/α,β-unsaturated/α-hetero) is 1. The van der Waals surface area contributed by atoms with Crippen LogP contribution in [-0.2, 0) is 10.0 Å². The molecule has 1 aliphatic rings. The second-order valence-electron chi connectivity index (χ2n) is 12.6. The second kappa shape index (κ2) is 14.0. The summed E-state index contributed by atoms with van der Waals surface area (Å²) >= 11 is 0. The molecule has 48 heavy (non-hydrogen) atoms. The van der Waals surface area contributed by atoms with Crippen LogP contribution in [-0.4, -0.2) is 34.0 Å². The van der Waals surface area contributed by atoms with E-state index in [1.54, 1.807) is 50.6 Å². The van der Waals surface area contributed by atoms with E-state index in [1.807, 2.05) is 95.3 Å². The lowest BCUT2D eigenvalue weighted by molar-refractivity contribution is 0.103. The Bertz CT molecular complexity index is 1980. The van der Waals surface area contributed by atoms with Gasteiger partial charge in [-0.1, -0.05) is 38.1 Å². The average molecular weight is 667 g/mol. The maximum Gasteiger partial charge on any atom is 0.241 e. The quantitative estimate of drug-likeness (QED) is 0.0882. The Labute approximate surface area is 283 Å². The molecule has 4 N–H and O–H groups in total. The molecule has 4 aromatic carbocycles. The number of nitrogens with one attached hydrogen (secondary N) is 4. The molecule has 4 aromatic rings. The smallest absolute Gasteiger partial charge is 0.241 e. The van der Waals surface area contributed by atoms with Gasteiger partial charge < -0.3 is 20.2 Å². The summed E-state index contributed by atoms with van der Waals surface area (Å²) < 4.78 is 40.1. The number of fused-ring (bicyclic) bond motifs is 1. The lowest BCUT2D eigenvalue weighted by Crippen LogP contribution is -2.47. The van der Waals surface area contributed by atoms with E-state index in [4.69, 9.17) is 9.47 Å². The van der Waals surface area contributed by atoms with Crippen molar-refractivity contribution in [1.82, 2.24) is 4.72 Å². The molecule has 10 heteroatoms. The molecular weight excluding hydrogens is 625 g/mol. The minimum atomic E-state index is -3.69. The molecule has 0 fully saturated rings. The Kier molecular flexibility index (Phi) is 9.98. The van der Waals surface area contributed by atoms with E-state index in [-0.39, 0.29) is 16.6 Å². The van der Waals surface area contributed by atoms with E-state index in [0.29, 0.717) is 39.6 Å². The van der Waals surface area contributed by atoms with Crippen molar-refractivity contribution in [2.45, 2.75) is 45.1 Å². The molecule has 0 saturated carbocycles. The summed E-state index contributed by atoms with van der Waals surface area (Å²) in [5, 5.41) is 3.38. The summed E-state index contributed by atoms with van der Waals surface area (Å²) in [6.45, 7) is 9.60. The van der Waals surface area contributed by atoms with E-state index in [2.05, 4.69) is 20.9 Å². The van der Waals surface area contributed by atoms with Crippen molar-refractivity contribution < 1.29 is 22.7 Å². The molecule has 0 bridgehead atoms. The van der Waals surface area contributed by atoms with E-state index in [1.165, 1.54) is 0 Å². The third kappa shape index (κ3) is 7.56. The van der Waals surface area contributed by atoms with Crippen LogP contribution in [0, 0.1) is 5.92 Å². The van der Waals surface area contributed by atoms with Gasteiger partial charge in [0, 0.05) is 39.7 Å². The zero-order chi connectivity index (χ0) is 34.6. The minimum Gasteiger partial charge on any atom is -0.496 e. The molecule has 5 rings (SSSR count). The number of ether oxygens (including phenoxy) is 2. The Balaban J connectivity index is 1.34. The Morgan fingerprint density at radius 3 is 2.10 bits per heavy atom. The molecule has 0 saturated heterocycles. The first-order chi connectivity index (χ1) is 22.8. The van der Waals surface area contributed by atoms with Crippen molar-refractivity contribution in [2.24, 2.45) is 5.92 Å². The number of hydrazine groups is 1. The van der Waals surface area contributed by atoms with Gasteiger partial charge in [-0.15, -0.1) is 0 Å². The number of hydrogen-bond acceptors (Lipinski definition) is 8. The number of para-hydroxylation sites is 1. The summed E-state index contributed by atoms with van der Waals surface area (Å²) in [7, 11) is -0.568. The predicted molar refractivity (Wildman–Crippen MR) is 195 cm³/mol. The highest BCUT2D eigenvalue weighted by Crippen LogP contribution is 2.37. The van der Waals surface area contributed by atoms with Crippen LogP contribution >= 0.6 is 0 Å². The van der Waals surface area contributed by atoms with E-state index in [9.17, 15) is 13.2 Å². The number of carbonyl (C=O) groups excluding carboxylic acids is 1. The number of carbonyl (C=O) groups is 1. The lowest BCUT2D eigenvalue weighted by atomic mass is 9.86. The van der Waals surface area contributed by atoms with E-state index >= 15 is 0 Å². The fourth-order valence-corrected chi connectivity index (χ4v) is 6.68. The van der Waals surface area contributed by atoms with Gasteiger partial charge in [-0.2, -0.15) is 0 Å². The highest BCUT2D eigenvalue weighted by molar-refractivity contribution is 7.89. The predicted octanol–water partition coefficient (Wildman–Crippen LogP) is 8.28. The van der Waals surface area contributed by atoms with E-state index in [0.717, 1.165) is 22.5 Å². The first-order valence-corrected chi connectivity index (χ1v) is 17.1. The average Bonchev–Trinajstić information content (AvgIpc) is 3.05. The van der Waals surface area contributed by atoms with Gasteiger partial charge >= 0.3 is 0 Å². The maximum absolute atomic E-state index is 13.7. The molecular formula is C38H42N4O5S. The lowest BCUT2D eigenvalue weighted by Gasteiger charge is -2.30. The summed E-state index contributed by atoms with van der Waals surface area (Å²) in [6, 6.07) is 25.6. The normalized spacial score (nSPS) is 14.0. The van der Waals surface area contributed by atoms with Crippen molar-refractivity contribution in [1.29, 1.82) is 0 Å². The number of ketones is 1. The number of sulfonamides is 1. The number of rotatable bonds is 12. The fraction of sp³-hybridized carbons (Fsp3) is 0.237. The number of benzene rings is 4. The van der Waals surface area contributed by atoms with Gasteiger partial charge in [0.15, 0.2) is 5.78 Å². The monoisotopic (exact) mass is 666 g/mol. The number of anilines is 4. The molecule has 0 amide bonds. The van der Waals surface area contributed by atoms with Crippen molar-refractivity contribution in [3.63, 3.8) is 0 Å². The van der Waals surface area contributed by atoms with Crippen LogP contribution < -0.4 is 30.4 Å². The minimum absolute atomic E-state index is 0.0745. The van der Waals surface area contributed by atoms with Crippen LogP contribution in [0.5, 0.6) is 11.5 Å². The number of hydrogen-bond donors (Lipinski definition) is 4. The third-order valence-corrected chi connectivity index (χ3v) is 10.3. The van der Waals surface area contributed by atoms with Crippen LogP contribution in [0.4, 0.5) is 22.7 Å². The third-order valence-electron chi connectivity index (χ3n) is 8.60. The first kappa shape index (κ1) is 34.3. The highest BCUT2D eigenvalue weighted by atomic mass is 32.2. The van der Waals surface area contributed by atoms with Gasteiger partial charge in [0.1, 0.15) is 11.5 Å². The van der Waals surface area contributed by atoms with Gasteiger partial charge in [-0.25, -0.2) is 13.1 Å². The summed E-state index contributed by atoms with van der Waals surface area (Å²) in [6.07, 6.45) is 3.83. The Morgan fingerprint density at radius 1 is 0.792 bits per heavy atom. The van der Waals surface area contributed by atoms with Crippen molar-refractivity contribution in [2.75, 3.05) is 30.4 Å². The Hall–Kier alpha value is -5.06. The molecule has 0 radical (unpaired) electrons. The van der Waals surface area contributed by atoms with Gasteiger partial charge in [0.2, 0.25) is 10.0 Å². The largest absolute Gasteiger partial charge is 0.496 e. The maximum atomic E-state index is 13.7. The Morgan fingerprint density at radius 2 is 1.46 bits per heavy atom. The topological polar surface area (TPSA) is 118 Å². The van der Waals surface area contributed by atoms with Crippen molar-refractivity contribution >= 4 is 50.7 Å². The SMILES string of the molecule is COc1cc(NNc2ccc(S(=O)(=O)NC(C)(C)C(C)C)cc2)c(OC)cc1C=C1C(=O)c2ccc(Nc3ccccc3)cc2C=C1C. The molecule has 0 atom stereocenters. The van der Waals surface area contributed by atoms with Gasteiger partial charge in [-0.05, 0) is 105 Å². The summed E-state index contributed by atoms with van der Waals surface area (Å²) in [5.41, 5.74) is 12.3. The molecule has 0 aromatic heterocycles. The van der Waals surface area contributed by atoms with Gasteiger partial charge in [0.05, 0.1) is 30.5 Å². The molecule has 1 aliphatic carbocycles. The van der Waals surface area contributed by atoms with Crippen LogP contribution in [0.3, 0.4) is 0 Å². The molecule has 0 aliphatic heterocycles. The van der Waals surface area contributed by atoms with Gasteiger partial charge in [-0.3, -0.25) is 10.2 Å². The van der Waals surface area contributed by atoms with Crippen molar-refractivity contribution in [3.05, 3.63) is 113 Å². The molecule has 0 unspecified atom stereocenters. The van der Waals surface area contributed by atoms with Crippen LogP contribution in [0.15, 0.2) is 101 Å². The highest BCUT2D eigenvalue weighted by Gasteiger charge is 2.29. The summed E-state index contributed by atoms with van der Waals surface area (Å²) in [4.78, 5) is 13.9. The molecule has 0 heterocycles. The van der Waals surface area contributed by atoms with Gasteiger partial charge in [0.25, 0.3) is 0 Å². The molecule has 250 valence electrons. The first-order valence-electron chi connectivity index (χ1n) is 15.6. The number of allylic oxidation sites excluding steroid dienone is 2. The summed E-state index contributed by atoms with van der Waals surface area (Å²) in [5.74, 6) is 1.08. The second-order valence-corrected chi connectivity index (χ2v) is 14.2. The van der Waals surface area contributed by atoms with Crippen LogP contribution in [0.1, 0.15) is 56.1 Å². The fourth-order valence-electron chi connectivity index (χ4n) is 5.14. The van der Waals surface area contributed by atoms with Crippen LogP contribution in [0.25, 0.3) is 12.2 Å². The molecule has 0 spiro atoms. The molecule has 9 nitrogen and oxygen atoms in total. The van der Waals surface area contributed by atoms with Crippen molar-refractivity contribution in [3.8, 4) is 11.5 Å². The standard InChI is InChI=1S/C38H42N4O5S/c1-24(2)38(4,5)42-48(44,45)31-16-13-29(14-17-31)40-41-34-23-35(46-6)27(22-36(34)47-7)21-33-25(3)19-26-20-30(15-18-32(26)37(33)43)39-28-11-9-8-10-12-28/h8-24,39-42H,1-7H3. The number of methoxy groups -OCH3 is 2. The zero-order valence-corrected chi connectivity index (χ0v) is 29.1. The van der Waals surface area contributed by atoms with Crippen LogP contribution in [0.2, 0.25) is 0 Å².